The molecule has 0 saturated heterocycles. The zero-order chi connectivity index (χ0) is 23.1. The Morgan fingerprint density at radius 1 is 1.00 bits per heavy atom. The number of sulfonamides is 1. The molecule has 8 nitrogen and oxygen atoms in total. The van der Waals surface area contributed by atoms with Crippen LogP contribution >= 0.6 is 0 Å². The maximum Gasteiger partial charge on any atom is 0.261 e. The molecule has 9 heteroatoms. The third-order valence-corrected chi connectivity index (χ3v) is 6.08. The number of nitrogens with one attached hydrogen (secondary N) is 2. The maximum absolute atomic E-state index is 12.5. The number of carbonyl (C=O) groups excluding carboxylic acids is 1. The second kappa shape index (κ2) is 10.1. The lowest BCUT2D eigenvalue weighted by Gasteiger charge is -2.11. The van der Waals surface area contributed by atoms with Crippen LogP contribution in [0.1, 0.15) is 30.6 Å². The van der Waals surface area contributed by atoms with Crippen molar-refractivity contribution in [3.05, 3.63) is 72.4 Å². The van der Waals surface area contributed by atoms with E-state index in [1.807, 2.05) is 13.8 Å². The van der Waals surface area contributed by atoms with Crippen molar-refractivity contribution in [1.82, 2.24) is 10.3 Å². The summed E-state index contributed by atoms with van der Waals surface area (Å²) >= 11 is 0. The van der Waals surface area contributed by atoms with Crippen LogP contribution in [0.2, 0.25) is 0 Å². The van der Waals surface area contributed by atoms with Crippen LogP contribution < -0.4 is 19.5 Å². The van der Waals surface area contributed by atoms with Crippen LogP contribution in [0.4, 0.5) is 5.69 Å². The fourth-order valence-electron chi connectivity index (χ4n) is 2.66. The first kappa shape index (κ1) is 23.1. The number of carbonyl (C=O) groups is 1. The highest BCUT2D eigenvalue weighted by atomic mass is 32.2. The SMILES string of the molecule is CCC(C)NC(=O)c1ccc(Oc2ccc(NS(=O)(=O)c3ccc(OC)cc3)cc2)nc1. The summed E-state index contributed by atoms with van der Waals surface area (Å²) in [6.45, 7) is 3.93. The van der Waals surface area contributed by atoms with Crippen LogP contribution in [-0.2, 0) is 10.0 Å². The van der Waals surface area contributed by atoms with E-state index in [1.165, 1.54) is 25.4 Å². The van der Waals surface area contributed by atoms with Crippen molar-refractivity contribution in [2.75, 3.05) is 11.8 Å². The van der Waals surface area contributed by atoms with E-state index in [0.29, 0.717) is 28.6 Å². The number of benzene rings is 2. The van der Waals surface area contributed by atoms with E-state index in [2.05, 4.69) is 15.0 Å². The van der Waals surface area contributed by atoms with E-state index in [0.717, 1.165) is 6.42 Å². The highest BCUT2D eigenvalue weighted by Gasteiger charge is 2.14. The summed E-state index contributed by atoms with van der Waals surface area (Å²) in [5, 5.41) is 2.88. The number of rotatable bonds is 9. The predicted molar refractivity (Wildman–Crippen MR) is 122 cm³/mol. The Morgan fingerprint density at radius 3 is 2.22 bits per heavy atom. The summed E-state index contributed by atoms with van der Waals surface area (Å²) in [7, 11) is -2.22. The number of hydrogen-bond acceptors (Lipinski definition) is 6. The van der Waals surface area contributed by atoms with Crippen molar-refractivity contribution in [1.29, 1.82) is 0 Å². The van der Waals surface area contributed by atoms with E-state index < -0.39 is 10.0 Å². The van der Waals surface area contributed by atoms with Gasteiger partial charge in [0.05, 0.1) is 17.6 Å². The Balaban J connectivity index is 1.62. The second-order valence-electron chi connectivity index (χ2n) is 7.08. The summed E-state index contributed by atoms with van der Waals surface area (Å²) in [6, 6.07) is 15.8. The first-order chi connectivity index (χ1) is 15.3. The molecule has 0 bridgehead atoms. The van der Waals surface area contributed by atoms with E-state index in [1.54, 1.807) is 48.5 Å². The minimum absolute atomic E-state index is 0.0825. The number of nitrogens with zero attached hydrogens (tertiary/aromatic N) is 1. The van der Waals surface area contributed by atoms with Crippen molar-refractivity contribution in [3.63, 3.8) is 0 Å². The molecule has 0 spiro atoms. The van der Waals surface area contributed by atoms with E-state index >= 15 is 0 Å². The van der Waals surface area contributed by atoms with Crippen LogP contribution in [0.15, 0.2) is 71.8 Å². The zero-order valence-corrected chi connectivity index (χ0v) is 18.8. The third kappa shape index (κ3) is 5.98. The number of ether oxygens (including phenoxy) is 2. The standard InChI is InChI=1S/C23H25N3O5S/c1-4-16(2)25-23(27)17-5-14-22(24-15-17)31-20-8-6-18(7-9-20)26-32(28,29)21-12-10-19(30-3)11-13-21/h5-16,26H,4H2,1-3H3,(H,25,27). The van der Waals surface area contributed by atoms with Gasteiger partial charge in [-0.15, -0.1) is 0 Å². The maximum atomic E-state index is 12.5. The number of methoxy groups -OCH3 is 1. The molecule has 0 radical (unpaired) electrons. The van der Waals surface area contributed by atoms with Gasteiger partial charge in [-0.1, -0.05) is 6.92 Å². The lowest BCUT2D eigenvalue weighted by atomic mass is 10.2. The molecule has 0 aliphatic carbocycles. The van der Waals surface area contributed by atoms with Crippen molar-refractivity contribution in [2.24, 2.45) is 0 Å². The molecule has 2 N–H and O–H groups in total. The van der Waals surface area contributed by atoms with Crippen molar-refractivity contribution in [2.45, 2.75) is 31.2 Å². The van der Waals surface area contributed by atoms with Crippen LogP contribution in [0.25, 0.3) is 0 Å². The number of amides is 1. The molecule has 3 aromatic rings. The summed E-state index contributed by atoms with van der Waals surface area (Å²) < 4.78 is 38.3. The van der Waals surface area contributed by atoms with E-state index in [9.17, 15) is 13.2 Å². The molecule has 3 rings (SSSR count). The average Bonchev–Trinajstić information content (AvgIpc) is 2.80. The molecule has 1 unspecified atom stereocenters. The molecule has 2 aromatic carbocycles. The normalized spacial score (nSPS) is 12.0. The number of aromatic nitrogens is 1. The largest absolute Gasteiger partial charge is 0.497 e. The second-order valence-corrected chi connectivity index (χ2v) is 8.76. The first-order valence-corrected chi connectivity index (χ1v) is 11.5. The summed E-state index contributed by atoms with van der Waals surface area (Å²) in [4.78, 5) is 16.4. The topological polar surface area (TPSA) is 107 Å². The minimum Gasteiger partial charge on any atom is -0.497 e. The van der Waals surface area contributed by atoms with Crippen LogP contribution in [0, 0.1) is 0 Å². The molecule has 1 atom stereocenters. The molecule has 0 saturated carbocycles. The van der Waals surface area contributed by atoms with Gasteiger partial charge in [0.2, 0.25) is 5.88 Å². The lowest BCUT2D eigenvalue weighted by molar-refractivity contribution is 0.0939. The summed E-state index contributed by atoms with van der Waals surface area (Å²) in [5.41, 5.74) is 0.833. The van der Waals surface area contributed by atoms with E-state index in [4.69, 9.17) is 9.47 Å². The highest BCUT2D eigenvalue weighted by Crippen LogP contribution is 2.24. The number of anilines is 1. The quantitative estimate of drug-likeness (QED) is 0.501. The van der Waals surface area contributed by atoms with Crippen LogP contribution in [-0.4, -0.2) is 32.5 Å². The molecule has 168 valence electrons. The van der Waals surface area contributed by atoms with Gasteiger partial charge in [0.25, 0.3) is 15.9 Å². The molecule has 32 heavy (non-hydrogen) atoms. The predicted octanol–water partition coefficient (Wildman–Crippen LogP) is 4.21. The van der Waals surface area contributed by atoms with Gasteiger partial charge in [0, 0.05) is 24.0 Å². The molecule has 1 aromatic heterocycles. The summed E-state index contributed by atoms with van der Waals surface area (Å²) in [5.74, 6) is 1.17. The van der Waals surface area contributed by atoms with Crippen molar-refractivity contribution >= 4 is 21.6 Å². The molecular weight excluding hydrogens is 430 g/mol. The molecule has 0 aliphatic heterocycles. The molecule has 1 heterocycles. The monoisotopic (exact) mass is 455 g/mol. The fourth-order valence-corrected chi connectivity index (χ4v) is 3.72. The third-order valence-electron chi connectivity index (χ3n) is 4.69. The van der Waals surface area contributed by atoms with Crippen molar-refractivity contribution in [3.8, 4) is 17.4 Å². The van der Waals surface area contributed by atoms with Gasteiger partial charge in [-0.25, -0.2) is 13.4 Å². The Kier molecular flexibility index (Phi) is 7.32. The Bertz CT molecular complexity index is 1150. The van der Waals surface area contributed by atoms with Gasteiger partial charge in [0.15, 0.2) is 0 Å². The van der Waals surface area contributed by atoms with Crippen LogP contribution in [0.5, 0.6) is 17.4 Å². The highest BCUT2D eigenvalue weighted by molar-refractivity contribution is 7.92. The summed E-state index contributed by atoms with van der Waals surface area (Å²) in [6.07, 6.45) is 2.29. The fraction of sp³-hybridized carbons (Fsp3) is 0.217. The lowest BCUT2D eigenvalue weighted by Crippen LogP contribution is -2.31. The molecule has 0 fully saturated rings. The van der Waals surface area contributed by atoms with Gasteiger partial charge in [-0.2, -0.15) is 0 Å². The van der Waals surface area contributed by atoms with Gasteiger partial charge >= 0.3 is 0 Å². The van der Waals surface area contributed by atoms with Gasteiger partial charge in [-0.3, -0.25) is 9.52 Å². The molecule has 1 amide bonds. The first-order valence-electron chi connectivity index (χ1n) is 10.0. The Morgan fingerprint density at radius 2 is 1.66 bits per heavy atom. The molecular formula is C23H25N3O5S. The minimum atomic E-state index is -3.73. The van der Waals surface area contributed by atoms with Crippen molar-refractivity contribution < 1.29 is 22.7 Å². The van der Waals surface area contributed by atoms with Gasteiger partial charge < -0.3 is 14.8 Å². The molecule has 0 aliphatic rings. The van der Waals surface area contributed by atoms with Gasteiger partial charge in [0.1, 0.15) is 11.5 Å². The Hall–Kier alpha value is -3.59. The Labute approximate surface area is 187 Å². The average molecular weight is 456 g/mol. The number of pyridine rings is 1. The van der Waals surface area contributed by atoms with E-state index in [-0.39, 0.29) is 16.8 Å². The van der Waals surface area contributed by atoms with Crippen LogP contribution in [0.3, 0.4) is 0 Å². The number of hydrogen-bond donors (Lipinski definition) is 2. The zero-order valence-electron chi connectivity index (χ0n) is 18.0. The smallest absolute Gasteiger partial charge is 0.261 e. The van der Waals surface area contributed by atoms with Gasteiger partial charge in [-0.05, 0) is 67.9 Å².